The van der Waals surface area contributed by atoms with Crippen LogP contribution >= 0.6 is 0 Å². The molecule has 2 saturated carbocycles. The third kappa shape index (κ3) is 4.47. The number of carboxylic acid groups (broad SMARTS) is 1. The molecular formula is C28H34N4O3. The maximum atomic E-state index is 12.1. The number of nitrogens with zero attached hydrogens (tertiary/aromatic N) is 4. The molecule has 0 spiro atoms. The Kier molecular flexibility index (Phi) is 6.29. The van der Waals surface area contributed by atoms with Crippen LogP contribution in [0.5, 0.6) is 0 Å². The number of hydrogen-bond donors (Lipinski definition) is 1. The summed E-state index contributed by atoms with van der Waals surface area (Å²) in [4.78, 5) is 19.2. The number of fused-ring (bicyclic) bond motifs is 1. The number of morpholine rings is 1. The molecule has 35 heavy (non-hydrogen) atoms. The molecule has 2 aromatic heterocycles. The lowest BCUT2D eigenvalue weighted by Gasteiger charge is -2.26. The normalized spacial score (nSPS) is 20.2. The van der Waals surface area contributed by atoms with Crippen molar-refractivity contribution in [1.29, 1.82) is 0 Å². The highest BCUT2D eigenvalue weighted by molar-refractivity contribution is 5.99. The van der Waals surface area contributed by atoms with Crippen molar-refractivity contribution in [3.8, 4) is 11.1 Å². The first-order chi connectivity index (χ1) is 17.2. The topological polar surface area (TPSA) is 80.5 Å². The van der Waals surface area contributed by atoms with E-state index in [-0.39, 0.29) is 5.69 Å². The van der Waals surface area contributed by atoms with Gasteiger partial charge in [-0.1, -0.05) is 49.9 Å². The monoisotopic (exact) mass is 474 g/mol. The average Bonchev–Trinajstić information content (AvgIpc) is 3.23. The lowest BCUT2D eigenvalue weighted by atomic mass is 9.81. The fourth-order valence-corrected chi connectivity index (χ4v) is 5.86. The van der Waals surface area contributed by atoms with Crippen LogP contribution in [-0.4, -0.2) is 57.0 Å². The smallest absolute Gasteiger partial charge is 0.354 e. The number of aromatic carboxylic acids is 1. The second-order valence-electron chi connectivity index (χ2n) is 10.4. The molecule has 1 saturated heterocycles. The van der Waals surface area contributed by atoms with Gasteiger partial charge in [0.05, 0.1) is 30.3 Å². The lowest BCUT2D eigenvalue weighted by molar-refractivity contribution is 0.0342. The van der Waals surface area contributed by atoms with Crippen molar-refractivity contribution < 1.29 is 14.6 Å². The zero-order valence-corrected chi connectivity index (χ0v) is 20.3. The van der Waals surface area contributed by atoms with E-state index in [9.17, 15) is 9.90 Å². The molecule has 0 bridgehead atoms. The molecule has 1 aliphatic heterocycles. The van der Waals surface area contributed by atoms with Crippen molar-refractivity contribution >= 4 is 17.0 Å². The van der Waals surface area contributed by atoms with Crippen LogP contribution in [0.25, 0.3) is 22.2 Å². The van der Waals surface area contributed by atoms with Gasteiger partial charge in [-0.15, -0.1) is 0 Å². The van der Waals surface area contributed by atoms with Crippen LogP contribution < -0.4 is 0 Å². The Morgan fingerprint density at radius 2 is 1.74 bits per heavy atom. The molecule has 1 aromatic carbocycles. The zero-order chi connectivity index (χ0) is 23.8. The Balaban J connectivity index is 1.44. The van der Waals surface area contributed by atoms with E-state index in [0.29, 0.717) is 12.0 Å². The first-order valence-corrected chi connectivity index (χ1v) is 13.2. The van der Waals surface area contributed by atoms with Crippen LogP contribution in [0.4, 0.5) is 0 Å². The predicted octanol–water partition coefficient (Wildman–Crippen LogP) is 5.40. The van der Waals surface area contributed by atoms with Crippen molar-refractivity contribution in [1.82, 2.24) is 19.7 Å². The number of aromatic nitrogens is 3. The second-order valence-corrected chi connectivity index (χ2v) is 10.4. The highest BCUT2D eigenvalue weighted by atomic mass is 16.5. The summed E-state index contributed by atoms with van der Waals surface area (Å²) < 4.78 is 7.56. The van der Waals surface area contributed by atoms with Gasteiger partial charge in [-0.3, -0.25) is 4.90 Å². The summed E-state index contributed by atoms with van der Waals surface area (Å²) >= 11 is 0. The number of carboxylic acids is 1. The van der Waals surface area contributed by atoms with E-state index in [1.54, 1.807) is 6.07 Å². The highest BCUT2D eigenvalue weighted by Crippen LogP contribution is 2.43. The van der Waals surface area contributed by atoms with Crippen LogP contribution in [-0.2, 0) is 11.3 Å². The van der Waals surface area contributed by atoms with E-state index in [0.717, 1.165) is 86.4 Å². The molecule has 0 atom stereocenters. The van der Waals surface area contributed by atoms with Crippen molar-refractivity contribution in [3.63, 3.8) is 0 Å². The maximum absolute atomic E-state index is 12.1. The molecule has 0 amide bonds. The Bertz CT molecular complexity index is 1200. The molecule has 0 unspecified atom stereocenters. The van der Waals surface area contributed by atoms with Gasteiger partial charge in [0, 0.05) is 25.6 Å². The highest BCUT2D eigenvalue weighted by Gasteiger charge is 2.31. The summed E-state index contributed by atoms with van der Waals surface area (Å²) in [6.07, 6.45) is 9.36. The van der Waals surface area contributed by atoms with Crippen LogP contribution in [0, 0.1) is 0 Å². The lowest BCUT2D eigenvalue weighted by Crippen LogP contribution is -2.35. The number of ether oxygens (including phenoxy) is 1. The van der Waals surface area contributed by atoms with Crippen LogP contribution in [0.1, 0.15) is 85.1 Å². The zero-order valence-electron chi connectivity index (χ0n) is 20.3. The van der Waals surface area contributed by atoms with Crippen molar-refractivity contribution in [2.45, 2.75) is 69.9 Å². The minimum atomic E-state index is -0.987. The molecule has 184 valence electrons. The summed E-state index contributed by atoms with van der Waals surface area (Å²) in [6, 6.07) is 10.7. The van der Waals surface area contributed by atoms with Crippen LogP contribution in [0.2, 0.25) is 0 Å². The van der Waals surface area contributed by atoms with Gasteiger partial charge in [-0.2, -0.15) is 5.10 Å². The molecule has 3 aromatic rings. The first-order valence-electron chi connectivity index (χ1n) is 13.2. The van der Waals surface area contributed by atoms with E-state index in [1.807, 2.05) is 0 Å². The predicted molar refractivity (Wildman–Crippen MR) is 135 cm³/mol. The molecule has 7 nitrogen and oxygen atoms in total. The van der Waals surface area contributed by atoms with Gasteiger partial charge in [0.15, 0.2) is 11.3 Å². The Hall–Kier alpha value is -2.77. The number of rotatable bonds is 6. The number of carbonyl (C=O) groups is 1. The Labute approximate surface area is 206 Å². The molecule has 1 N–H and O–H groups in total. The minimum absolute atomic E-state index is 0.0991. The third-order valence-electron chi connectivity index (χ3n) is 8.10. The second kappa shape index (κ2) is 9.70. The summed E-state index contributed by atoms with van der Waals surface area (Å²) in [5.41, 5.74) is 5.22. The van der Waals surface area contributed by atoms with Gasteiger partial charge in [-0.25, -0.2) is 14.5 Å². The van der Waals surface area contributed by atoms with Gasteiger partial charge in [0.2, 0.25) is 0 Å². The quantitative estimate of drug-likeness (QED) is 0.515. The van der Waals surface area contributed by atoms with Crippen molar-refractivity contribution in [2.75, 3.05) is 26.3 Å². The van der Waals surface area contributed by atoms with Gasteiger partial charge in [0.1, 0.15) is 0 Å². The molecule has 0 radical (unpaired) electrons. The van der Waals surface area contributed by atoms with Gasteiger partial charge in [0.25, 0.3) is 0 Å². The molecular weight excluding hydrogens is 440 g/mol. The molecule has 3 heterocycles. The Morgan fingerprint density at radius 3 is 2.40 bits per heavy atom. The standard InChI is InChI=1S/C28H34N4O3/c33-28(34)24-17-23(20-11-9-19(10-12-20)18-31-13-15-35-16-14-31)25-26(21-5-4-6-21)30-32(27(25)29-24)22-7-2-1-3-8-22/h9-12,17,21-22H,1-8,13-16,18H2,(H,33,34). The Morgan fingerprint density at radius 1 is 1.00 bits per heavy atom. The van der Waals surface area contributed by atoms with Crippen LogP contribution in [0.3, 0.4) is 0 Å². The number of hydrogen-bond acceptors (Lipinski definition) is 5. The summed E-state index contributed by atoms with van der Waals surface area (Å²) in [6.45, 7) is 4.41. The van der Waals surface area contributed by atoms with Crippen molar-refractivity contribution in [3.05, 3.63) is 47.3 Å². The molecule has 3 fully saturated rings. The van der Waals surface area contributed by atoms with Crippen molar-refractivity contribution in [2.24, 2.45) is 0 Å². The van der Waals surface area contributed by atoms with E-state index in [4.69, 9.17) is 9.84 Å². The number of pyridine rings is 1. The first kappa shape index (κ1) is 22.7. The minimum Gasteiger partial charge on any atom is -0.477 e. The van der Waals surface area contributed by atoms with E-state index in [2.05, 4.69) is 38.8 Å². The molecule has 6 rings (SSSR count). The van der Waals surface area contributed by atoms with Gasteiger partial charge in [-0.05, 0) is 48.4 Å². The summed E-state index contributed by atoms with van der Waals surface area (Å²) in [5, 5.41) is 16.1. The fraction of sp³-hybridized carbons (Fsp3) is 0.536. The summed E-state index contributed by atoms with van der Waals surface area (Å²) in [7, 11) is 0. The SMILES string of the molecule is O=C(O)c1cc(-c2ccc(CN3CCOCC3)cc2)c2c(C3CCC3)nn(C3CCCCC3)c2n1. The fourth-order valence-electron chi connectivity index (χ4n) is 5.86. The molecule has 3 aliphatic rings. The van der Waals surface area contributed by atoms with Crippen LogP contribution in [0.15, 0.2) is 30.3 Å². The van der Waals surface area contributed by atoms with E-state index in [1.165, 1.54) is 31.2 Å². The molecule has 7 heteroatoms. The van der Waals surface area contributed by atoms with E-state index >= 15 is 0 Å². The maximum Gasteiger partial charge on any atom is 0.354 e. The number of benzene rings is 1. The van der Waals surface area contributed by atoms with Gasteiger partial charge >= 0.3 is 5.97 Å². The molecule has 2 aliphatic carbocycles. The van der Waals surface area contributed by atoms with Gasteiger partial charge < -0.3 is 9.84 Å². The van der Waals surface area contributed by atoms with E-state index < -0.39 is 5.97 Å². The average molecular weight is 475 g/mol. The summed E-state index contributed by atoms with van der Waals surface area (Å²) in [5.74, 6) is -0.544. The third-order valence-corrected chi connectivity index (χ3v) is 8.10. The largest absolute Gasteiger partial charge is 0.477 e.